The first-order valence-corrected chi connectivity index (χ1v) is 8.71. The van der Waals surface area contributed by atoms with Gasteiger partial charge in [0.15, 0.2) is 0 Å². The van der Waals surface area contributed by atoms with Crippen LogP contribution >= 0.6 is 0 Å². The van der Waals surface area contributed by atoms with Gasteiger partial charge >= 0.3 is 0 Å². The van der Waals surface area contributed by atoms with Gasteiger partial charge < -0.3 is 15.2 Å². The molecule has 0 heterocycles. The molecule has 0 spiro atoms. The van der Waals surface area contributed by atoms with Gasteiger partial charge in [-0.25, -0.2) is 0 Å². The molecule has 0 aliphatic heterocycles. The van der Waals surface area contributed by atoms with Crippen molar-refractivity contribution in [1.29, 1.82) is 0 Å². The van der Waals surface area contributed by atoms with E-state index in [-0.39, 0.29) is 24.1 Å². The largest absolute Gasteiger partial charge is 0.496 e. The number of ether oxygens (including phenoxy) is 1. The summed E-state index contributed by atoms with van der Waals surface area (Å²) < 4.78 is 5.68. The number of rotatable bonds is 6. The van der Waals surface area contributed by atoms with Crippen LogP contribution in [0.1, 0.15) is 46.2 Å². The minimum absolute atomic E-state index is 0.0149. The number of fused-ring (bicyclic) bond motifs is 1. The number of hydrogen-bond donors (Lipinski definition) is 2. The fourth-order valence-electron chi connectivity index (χ4n) is 3.09. The first-order chi connectivity index (χ1) is 11.3. The van der Waals surface area contributed by atoms with Crippen LogP contribution in [0.4, 0.5) is 0 Å². The summed E-state index contributed by atoms with van der Waals surface area (Å²) in [4.78, 5) is 0. The van der Waals surface area contributed by atoms with Crippen molar-refractivity contribution in [3.8, 4) is 5.75 Å². The number of benzene rings is 2. The highest BCUT2D eigenvalue weighted by molar-refractivity contribution is 5.85. The second-order valence-electron chi connectivity index (χ2n) is 7.93. The summed E-state index contributed by atoms with van der Waals surface area (Å²) in [7, 11) is 1.72. The smallest absolute Gasteiger partial charge is 0.124 e. The second kappa shape index (κ2) is 7.54. The summed E-state index contributed by atoms with van der Waals surface area (Å²) in [6.45, 7) is 11.0. The molecule has 2 aromatic carbocycles. The van der Waals surface area contributed by atoms with E-state index in [9.17, 15) is 5.11 Å². The van der Waals surface area contributed by atoms with Gasteiger partial charge in [-0.3, -0.25) is 0 Å². The Kier molecular flexibility index (Phi) is 5.89. The molecule has 0 saturated heterocycles. The van der Waals surface area contributed by atoms with E-state index in [0.717, 1.165) is 11.3 Å². The maximum atomic E-state index is 9.84. The topological polar surface area (TPSA) is 41.5 Å². The van der Waals surface area contributed by atoms with Crippen LogP contribution in [0, 0.1) is 11.3 Å². The highest BCUT2D eigenvalue weighted by atomic mass is 16.5. The Bertz CT molecular complexity index is 673. The Balaban J connectivity index is 2.48. The Hall–Kier alpha value is -1.58. The Morgan fingerprint density at radius 2 is 1.67 bits per heavy atom. The zero-order valence-electron chi connectivity index (χ0n) is 15.8. The van der Waals surface area contributed by atoms with Gasteiger partial charge in [0, 0.05) is 17.6 Å². The van der Waals surface area contributed by atoms with Crippen LogP contribution in [0.2, 0.25) is 0 Å². The molecule has 24 heavy (non-hydrogen) atoms. The lowest BCUT2D eigenvalue weighted by Gasteiger charge is -2.36. The van der Waals surface area contributed by atoms with Crippen molar-refractivity contribution < 1.29 is 9.84 Å². The molecule has 2 aromatic rings. The van der Waals surface area contributed by atoms with E-state index in [1.165, 1.54) is 10.8 Å². The number of methoxy groups -OCH3 is 1. The second-order valence-corrected chi connectivity index (χ2v) is 7.93. The third-order valence-electron chi connectivity index (χ3n) is 4.71. The van der Waals surface area contributed by atoms with Gasteiger partial charge in [-0.1, -0.05) is 58.9 Å². The third-order valence-corrected chi connectivity index (χ3v) is 4.71. The molecule has 132 valence electrons. The van der Waals surface area contributed by atoms with Crippen molar-refractivity contribution in [2.24, 2.45) is 11.3 Å². The molecule has 0 saturated carbocycles. The molecular formula is C21H31NO2. The molecule has 0 aliphatic rings. The molecule has 1 unspecified atom stereocenters. The van der Waals surface area contributed by atoms with Crippen LogP contribution in [0.25, 0.3) is 10.8 Å². The molecule has 0 radical (unpaired) electrons. The highest BCUT2D eigenvalue weighted by Crippen LogP contribution is 2.35. The lowest BCUT2D eigenvalue weighted by molar-refractivity contribution is 0.139. The van der Waals surface area contributed by atoms with E-state index >= 15 is 0 Å². The van der Waals surface area contributed by atoms with Crippen molar-refractivity contribution >= 4 is 10.8 Å². The van der Waals surface area contributed by atoms with Crippen molar-refractivity contribution in [2.45, 2.75) is 46.7 Å². The molecule has 0 amide bonds. The zero-order chi connectivity index (χ0) is 17.9. The molecule has 0 fully saturated rings. The summed E-state index contributed by atoms with van der Waals surface area (Å²) in [6, 6.07) is 12.8. The predicted octanol–water partition coefficient (Wildman–Crippen LogP) is 4.54. The fraction of sp³-hybridized carbons (Fsp3) is 0.524. The lowest BCUT2D eigenvalue weighted by atomic mass is 9.84. The fourth-order valence-corrected chi connectivity index (χ4v) is 3.09. The molecule has 2 rings (SSSR count). The molecule has 0 bridgehead atoms. The molecule has 2 atom stereocenters. The maximum absolute atomic E-state index is 9.84. The van der Waals surface area contributed by atoms with Gasteiger partial charge in [-0.15, -0.1) is 0 Å². The van der Waals surface area contributed by atoms with E-state index in [1.54, 1.807) is 7.11 Å². The van der Waals surface area contributed by atoms with Crippen LogP contribution in [0.3, 0.4) is 0 Å². The van der Waals surface area contributed by atoms with E-state index in [0.29, 0.717) is 5.92 Å². The van der Waals surface area contributed by atoms with Gasteiger partial charge in [-0.2, -0.15) is 0 Å². The van der Waals surface area contributed by atoms with E-state index in [4.69, 9.17) is 4.74 Å². The standard InChI is InChI=1S/C21H31NO2/c1-14(2)20(22-19(13-23)21(3,4)5)17-11-15-9-7-8-10-16(15)12-18(17)24-6/h7-12,14,19-20,22-23H,13H2,1-6H3/t19-,20?/m1/s1. The van der Waals surface area contributed by atoms with Gasteiger partial charge in [0.2, 0.25) is 0 Å². The Morgan fingerprint density at radius 1 is 1.08 bits per heavy atom. The van der Waals surface area contributed by atoms with E-state index in [2.05, 4.69) is 70.3 Å². The van der Waals surface area contributed by atoms with E-state index in [1.807, 2.05) is 6.07 Å². The minimum atomic E-state index is -0.0219. The molecule has 2 N–H and O–H groups in total. The predicted molar refractivity (Wildman–Crippen MR) is 102 cm³/mol. The minimum Gasteiger partial charge on any atom is -0.496 e. The average Bonchev–Trinajstić information content (AvgIpc) is 2.53. The number of aliphatic hydroxyl groups excluding tert-OH is 1. The van der Waals surface area contributed by atoms with E-state index < -0.39 is 0 Å². The molecule has 0 aliphatic carbocycles. The SMILES string of the molecule is COc1cc2ccccc2cc1C(N[C@H](CO)C(C)(C)C)C(C)C. The van der Waals surface area contributed by atoms with Crippen LogP contribution < -0.4 is 10.1 Å². The van der Waals surface area contributed by atoms with Crippen molar-refractivity contribution in [2.75, 3.05) is 13.7 Å². The summed E-state index contributed by atoms with van der Waals surface area (Å²) in [6.07, 6.45) is 0. The van der Waals surface area contributed by atoms with Crippen molar-refractivity contribution in [3.63, 3.8) is 0 Å². The maximum Gasteiger partial charge on any atom is 0.124 e. The molecular weight excluding hydrogens is 298 g/mol. The first-order valence-electron chi connectivity index (χ1n) is 8.71. The monoisotopic (exact) mass is 329 g/mol. The summed E-state index contributed by atoms with van der Waals surface area (Å²) in [5, 5.41) is 15.9. The normalized spacial score (nSPS) is 14.8. The van der Waals surface area contributed by atoms with Gasteiger partial charge in [0.25, 0.3) is 0 Å². The summed E-state index contributed by atoms with van der Waals surface area (Å²) in [5.41, 5.74) is 1.13. The highest BCUT2D eigenvalue weighted by Gasteiger charge is 2.29. The number of nitrogens with one attached hydrogen (secondary N) is 1. The van der Waals surface area contributed by atoms with Crippen LogP contribution in [0.15, 0.2) is 36.4 Å². The summed E-state index contributed by atoms with van der Waals surface area (Å²) >= 11 is 0. The first kappa shape index (κ1) is 18.8. The van der Waals surface area contributed by atoms with Crippen molar-refractivity contribution in [3.05, 3.63) is 42.0 Å². The number of aliphatic hydroxyl groups is 1. The van der Waals surface area contributed by atoms with Crippen LogP contribution in [-0.2, 0) is 0 Å². The quantitative estimate of drug-likeness (QED) is 0.817. The van der Waals surface area contributed by atoms with Gasteiger partial charge in [0.1, 0.15) is 5.75 Å². The van der Waals surface area contributed by atoms with Crippen molar-refractivity contribution in [1.82, 2.24) is 5.32 Å². The Morgan fingerprint density at radius 3 is 2.12 bits per heavy atom. The average molecular weight is 329 g/mol. The third kappa shape index (κ3) is 4.08. The van der Waals surface area contributed by atoms with Crippen LogP contribution in [-0.4, -0.2) is 24.9 Å². The summed E-state index contributed by atoms with van der Waals surface area (Å²) in [5.74, 6) is 1.27. The number of hydrogen-bond acceptors (Lipinski definition) is 3. The zero-order valence-corrected chi connectivity index (χ0v) is 15.8. The van der Waals surface area contributed by atoms with Gasteiger partial charge in [0.05, 0.1) is 13.7 Å². The van der Waals surface area contributed by atoms with Gasteiger partial charge in [-0.05, 0) is 34.2 Å². The van der Waals surface area contributed by atoms with Crippen LogP contribution in [0.5, 0.6) is 5.75 Å². The molecule has 3 heteroatoms. The molecule has 0 aromatic heterocycles. The molecule has 3 nitrogen and oxygen atoms in total. The lowest BCUT2D eigenvalue weighted by Crippen LogP contribution is -2.46. The Labute approximate surface area is 146 Å².